The molecule has 0 spiro atoms. The van der Waals surface area contributed by atoms with Crippen molar-refractivity contribution in [2.75, 3.05) is 6.54 Å². The van der Waals surface area contributed by atoms with Crippen LogP contribution >= 0.6 is 0 Å². The number of aliphatic imine (C=N–C) groups is 1. The van der Waals surface area contributed by atoms with Crippen molar-refractivity contribution in [3.8, 4) is 0 Å². The van der Waals surface area contributed by atoms with Gasteiger partial charge in [0.15, 0.2) is 0 Å². The molecule has 0 saturated heterocycles. The molecule has 5 nitrogen and oxygen atoms in total. The minimum Gasteiger partial charge on any atom is -0.278 e. The van der Waals surface area contributed by atoms with Gasteiger partial charge in [0.05, 0.1) is 29.1 Å². The number of fused-ring (bicyclic) bond motifs is 1. The lowest BCUT2D eigenvalue weighted by Crippen LogP contribution is -2.30. The largest absolute Gasteiger partial charge is 0.433 e. The Morgan fingerprint density at radius 2 is 1.63 bits per heavy atom. The van der Waals surface area contributed by atoms with Crippen molar-refractivity contribution >= 4 is 17.5 Å². The molecular formula is C19H12F3N3O2. The van der Waals surface area contributed by atoms with Crippen LogP contribution in [0.1, 0.15) is 38.9 Å². The van der Waals surface area contributed by atoms with Gasteiger partial charge in [-0.3, -0.25) is 19.6 Å². The van der Waals surface area contributed by atoms with E-state index in [0.717, 1.165) is 17.2 Å². The lowest BCUT2D eigenvalue weighted by Gasteiger charge is -2.16. The molecule has 0 N–H and O–H groups in total. The topological polar surface area (TPSA) is 62.6 Å². The fraction of sp³-hybridized carbons (Fsp3) is 0.158. The van der Waals surface area contributed by atoms with Gasteiger partial charge >= 0.3 is 6.18 Å². The molecule has 0 atom stereocenters. The van der Waals surface area contributed by atoms with Crippen molar-refractivity contribution in [2.24, 2.45) is 4.99 Å². The second kappa shape index (κ2) is 5.87. The van der Waals surface area contributed by atoms with Gasteiger partial charge in [-0.05, 0) is 36.8 Å². The summed E-state index contributed by atoms with van der Waals surface area (Å²) in [5.74, 6) is -0.848. The van der Waals surface area contributed by atoms with Crippen LogP contribution in [-0.2, 0) is 6.18 Å². The molecule has 27 heavy (non-hydrogen) atoms. The number of rotatable bonds is 2. The number of aromatic nitrogens is 1. The number of carbonyl (C=O) groups excluding carboxylic acids is 2. The summed E-state index contributed by atoms with van der Waals surface area (Å²) in [7, 11) is 0. The van der Waals surface area contributed by atoms with Crippen LogP contribution in [0.2, 0.25) is 0 Å². The van der Waals surface area contributed by atoms with Crippen molar-refractivity contribution in [1.82, 2.24) is 9.88 Å². The molecule has 0 radical (unpaired) electrons. The number of halogens is 3. The van der Waals surface area contributed by atoms with Crippen LogP contribution < -0.4 is 0 Å². The smallest absolute Gasteiger partial charge is 0.278 e. The Kier molecular flexibility index (Phi) is 3.73. The summed E-state index contributed by atoms with van der Waals surface area (Å²) in [5, 5.41) is 0. The molecule has 0 fully saturated rings. The monoisotopic (exact) mass is 371 g/mol. The van der Waals surface area contributed by atoms with Crippen LogP contribution in [-0.4, -0.2) is 34.0 Å². The van der Waals surface area contributed by atoms with Crippen LogP contribution in [0.4, 0.5) is 13.2 Å². The molecule has 2 amide bonds. The van der Waals surface area contributed by atoms with E-state index in [2.05, 4.69) is 9.98 Å². The number of hydrogen-bond donors (Lipinski definition) is 0. The number of allylic oxidation sites excluding steroid dienone is 1. The van der Waals surface area contributed by atoms with Gasteiger partial charge in [-0.25, -0.2) is 4.90 Å². The van der Waals surface area contributed by atoms with Gasteiger partial charge in [-0.2, -0.15) is 13.2 Å². The average Bonchev–Trinajstić information content (AvgIpc) is 3.13. The molecule has 3 heterocycles. The number of alkyl halides is 3. The van der Waals surface area contributed by atoms with Gasteiger partial charge in [0, 0.05) is 11.8 Å². The van der Waals surface area contributed by atoms with E-state index in [1.807, 2.05) is 0 Å². The van der Waals surface area contributed by atoms with Gasteiger partial charge < -0.3 is 0 Å². The first-order valence-corrected chi connectivity index (χ1v) is 8.05. The number of amides is 2. The minimum absolute atomic E-state index is 0.0909. The average molecular weight is 371 g/mol. The SMILES string of the molecule is CC1=C(N2C(=O)c3ccccc3C2=O)CN=C1c1ccc(C(F)(F)F)nc1. The predicted octanol–water partition coefficient (Wildman–Crippen LogP) is 3.47. The first-order valence-electron chi connectivity index (χ1n) is 8.05. The molecule has 0 unspecified atom stereocenters. The number of carbonyl (C=O) groups is 2. The van der Waals surface area contributed by atoms with E-state index in [1.54, 1.807) is 31.2 Å². The third kappa shape index (κ3) is 2.64. The Morgan fingerprint density at radius 1 is 1.00 bits per heavy atom. The van der Waals surface area contributed by atoms with Crippen molar-refractivity contribution < 1.29 is 22.8 Å². The molecular weight excluding hydrogens is 359 g/mol. The van der Waals surface area contributed by atoms with Gasteiger partial charge in [0.1, 0.15) is 5.69 Å². The number of pyridine rings is 1. The molecule has 2 aliphatic heterocycles. The summed E-state index contributed by atoms with van der Waals surface area (Å²) in [6, 6.07) is 8.69. The summed E-state index contributed by atoms with van der Waals surface area (Å²) in [4.78, 5) is 34.1. The standard InChI is InChI=1S/C19H12F3N3O2/c1-10-14(25-17(26)12-4-2-3-5-13(12)18(25)27)9-24-16(10)11-6-7-15(23-8-11)19(20,21)22/h2-8H,9H2,1H3. The lowest BCUT2D eigenvalue weighted by atomic mass is 10.0. The van der Waals surface area contributed by atoms with Crippen LogP contribution in [0.25, 0.3) is 0 Å². The van der Waals surface area contributed by atoms with E-state index in [9.17, 15) is 22.8 Å². The fourth-order valence-electron chi connectivity index (χ4n) is 3.21. The van der Waals surface area contributed by atoms with Gasteiger partial charge in [-0.15, -0.1) is 0 Å². The van der Waals surface area contributed by atoms with E-state index in [1.165, 1.54) is 6.07 Å². The predicted molar refractivity (Wildman–Crippen MR) is 90.3 cm³/mol. The highest BCUT2D eigenvalue weighted by molar-refractivity contribution is 6.24. The maximum Gasteiger partial charge on any atom is 0.433 e. The van der Waals surface area contributed by atoms with Crippen LogP contribution in [0.3, 0.4) is 0 Å². The highest BCUT2D eigenvalue weighted by Crippen LogP contribution is 2.32. The van der Waals surface area contributed by atoms with Crippen LogP contribution in [0.15, 0.2) is 58.9 Å². The second-order valence-electron chi connectivity index (χ2n) is 6.16. The van der Waals surface area contributed by atoms with E-state index in [4.69, 9.17) is 0 Å². The summed E-state index contributed by atoms with van der Waals surface area (Å²) in [6.45, 7) is 1.77. The summed E-state index contributed by atoms with van der Waals surface area (Å²) < 4.78 is 38.0. The Hall–Kier alpha value is -3.29. The van der Waals surface area contributed by atoms with Gasteiger partial charge in [-0.1, -0.05) is 12.1 Å². The van der Waals surface area contributed by atoms with Crippen molar-refractivity contribution in [2.45, 2.75) is 13.1 Å². The van der Waals surface area contributed by atoms with E-state index < -0.39 is 23.7 Å². The number of benzene rings is 1. The first kappa shape index (κ1) is 17.1. The minimum atomic E-state index is -4.52. The summed E-state index contributed by atoms with van der Waals surface area (Å²) in [5.41, 5.74) is 1.46. The zero-order chi connectivity index (χ0) is 19.3. The lowest BCUT2D eigenvalue weighted by molar-refractivity contribution is -0.141. The maximum atomic E-state index is 12.7. The highest BCUT2D eigenvalue weighted by Gasteiger charge is 2.39. The van der Waals surface area contributed by atoms with Crippen LogP contribution in [0, 0.1) is 0 Å². The molecule has 1 aromatic carbocycles. The van der Waals surface area contributed by atoms with Crippen LogP contribution in [0.5, 0.6) is 0 Å². The zero-order valence-electron chi connectivity index (χ0n) is 14.0. The maximum absolute atomic E-state index is 12.7. The second-order valence-corrected chi connectivity index (χ2v) is 6.16. The molecule has 4 rings (SSSR count). The third-order valence-corrected chi connectivity index (χ3v) is 4.57. The number of imide groups is 1. The van der Waals surface area contributed by atoms with Gasteiger partial charge in [0.2, 0.25) is 0 Å². The molecule has 1 aromatic heterocycles. The fourth-order valence-corrected chi connectivity index (χ4v) is 3.21. The molecule has 0 saturated carbocycles. The molecule has 136 valence electrons. The van der Waals surface area contributed by atoms with Crippen molar-refractivity contribution in [3.05, 3.63) is 76.2 Å². The number of hydrogen-bond acceptors (Lipinski definition) is 4. The van der Waals surface area contributed by atoms with Crippen molar-refractivity contribution in [3.63, 3.8) is 0 Å². The molecule has 2 aliphatic rings. The Morgan fingerprint density at radius 3 is 2.15 bits per heavy atom. The highest BCUT2D eigenvalue weighted by atomic mass is 19.4. The Labute approximate surface area is 151 Å². The summed E-state index contributed by atoms with van der Waals surface area (Å²) in [6.07, 6.45) is -3.43. The molecule has 0 bridgehead atoms. The Balaban J connectivity index is 1.67. The normalized spacial score (nSPS) is 16.9. The number of nitrogens with zero attached hydrogens (tertiary/aromatic N) is 3. The summed E-state index contributed by atoms with van der Waals surface area (Å²) >= 11 is 0. The third-order valence-electron chi connectivity index (χ3n) is 4.57. The van der Waals surface area contributed by atoms with E-state index in [-0.39, 0.29) is 6.54 Å². The van der Waals surface area contributed by atoms with Gasteiger partial charge in [0.25, 0.3) is 11.8 Å². The van der Waals surface area contributed by atoms with E-state index in [0.29, 0.717) is 33.7 Å². The molecule has 0 aliphatic carbocycles. The molecule has 8 heteroatoms. The zero-order valence-corrected chi connectivity index (χ0v) is 14.0. The first-order chi connectivity index (χ1) is 12.8. The Bertz CT molecular complexity index is 1000. The van der Waals surface area contributed by atoms with E-state index >= 15 is 0 Å². The quantitative estimate of drug-likeness (QED) is 0.760. The van der Waals surface area contributed by atoms with Crippen molar-refractivity contribution in [1.29, 1.82) is 0 Å². The molecule has 2 aromatic rings.